The smallest absolute Gasteiger partial charge is 0.315 e. The number of hydrogen-bond donors (Lipinski definition) is 3. The Labute approximate surface area is 141 Å². The molecule has 128 valence electrons. The molecule has 6 heteroatoms. The Bertz CT molecular complexity index is 684. The molecule has 1 aromatic heterocycles. The fourth-order valence-electron chi connectivity index (χ4n) is 3.13. The molecule has 24 heavy (non-hydrogen) atoms. The average molecular weight is 328 g/mol. The number of benzene rings is 1. The molecule has 0 radical (unpaired) electrons. The van der Waals surface area contributed by atoms with Crippen LogP contribution < -0.4 is 10.6 Å². The Morgan fingerprint density at radius 2 is 2.21 bits per heavy atom. The van der Waals surface area contributed by atoms with Gasteiger partial charge in [0, 0.05) is 11.3 Å². The largest absolute Gasteiger partial charge is 0.394 e. The zero-order chi connectivity index (χ0) is 16.9. The summed E-state index contributed by atoms with van der Waals surface area (Å²) in [5.74, 6) is 0. The standard InChI is InChI=1S/C18H24N4O2/c1-13(12-23)20-18(24)21-16-8-5-9-17-15(16)10-19-22(17)11-14-6-3-2-4-7-14/h2-4,6-7,10,13,16,23H,5,8-9,11-12H2,1H3,(H2,20,21,24). The van der Waals surface area contributed by atoms with E-state index in [1.807, 2.05) is 29.1 Å². The molecule has 0 aliphatic heterocycles. The van der Waals surface area contributed by atoms with Crippen LogP contribution in [0.2, 0.25) is 0 Å². The number of hydrogen-bond acceptors (Lipinski definition) is 3. The van der Waals surface area contributed by atoms with Gasteiger partial charge in [0.05, 0.1) is 31.4 Å². The van der Waals surface area contributed by atoms with E-state index in [0.29, 0.717) is 0 Å². The van der Waals surface area contributed by atoms with E-state index in [1.165, 1.54) is 11.3 Å². The molecule has 0 saturated heterocycles. The second kappa shape index (κ2) is 7.49. The predicted octanol–water partition coefficient (Wildman–Crippen LogP) is 1.99. The van der Waals surface area contributed by atoms with Crippen LogP contribution in [0.4, 0.5) is 4.79 Å². The molecule has 2 aromatic rings. The van der Waals surface area contributed by atoms with Crippen LogP contribution >= 0.6 is 0 Å². The molecule has 6 nitrogen and oxygen atoms in total. The van der Waals surface area contributed by atoms with Gasteiger partial charge in [-0.05, 0) is 31.7 Å². The minimum absolute atomic E-state index is 0.0239. The molecule has 0 bridgehead atoms. The van der Waals surface area contributed by atoms with Crippen molar-refractivity contribution >= 4 is 6.03 Å². The zero-order valence-electron chi connectivity index (χ0n) is 13.9. The van der Waals surface area contributed by atoms with Crippen LogP contribution in [0.15, 0.2) is 36.5 Å². The lowest BCUT2D eigenvalue weighted by molar-refractivity contribution is 0.216. The number of rotatable bonds is 5. The summed E-state index contributed by atoms with van der Waals surface area (Å²) >= 11 is 0. The maximum atomic E-state index is 12.0. The lowest BCUT2D eigenvalue weighted by atomic mass is 9.93. The fourth-order valence-corrected chi connectivity index (χ4v) is 3.13. The lowest BCUT2D eigenvalue weighted by Gasteiger charge is -2.25. The van der Waals surface area contributed by atoms with E-state index in [0.717, 1.165) is 31.4 Å². The number of carbonyl (C=O) groups excluding carboxylic acids is 1. The molecule has 2 atom stereocenters. The highest BCUT2D eigenvalue weighted by atomic mass is 16.3. The summed E-state index contributed by atoms with van der Waals surface area (Å²) in [6.07, 6.45) is 4.78. The van der Waals surface area contributed by atoms with Gasteiger partial charge in [-0.25, -0.2) is 4.79 Å². The third-order valence-corrected chi connectivity index (χ3v) is 4.39. The van der Waals surface area contributed by atoms with Crippen molar-refractivity contribution in [3.8, 4) is 0 Å². The van der Waals surface area contributed by atoms with Crippen molar-refractivity contribution in [2.45, 2.75) is 44.8 Å². The van der Waals surface area contributed by atoms with Gasteiger partial charge in [-0.2, -0.15) is 5.10 Å². The minimum Gasteiger partial charge on any atom is -0.394 e. The van der Waals surface area contributed by atoms with Crippen molar-refractivity contribution in [1.29, 1.82) is 0 Å². The number of amides is 2. The van der Waals surface area contributed by atoms with Crippen molar-refractivity contribution in [2.24, 2.45) is 0 Å². The highest BCUT2D eigenvalue weighted by Gasteiger charge is 2.25. The van der Waals surface area contributed by atoms with Gasteiger partial charge in [0.2, 0.25) is 0 Å². The van der Waals surface area contributed by atoms with Crippen molar-refractivity contribution < 1.29 is 9.90 Å². The second-order valence-corrected chi connectivity index (χ2v) is 6.34. The topological polar surface area (TPSA) is 79.2 Å². The average Bonchev–Trinajstić information content (AvgIpc) is 3.00. The summed E-state index contributed by atoms with van der Waals surface area (Å²) in [6, 6.07) is 9.73. The van der Waals surface area contributed by atoms with E-state index in [-0.39, 0.29) is 24.7 Å². The molecule has 3 N–H and O–H groups in total. The summed E-state index contributed by atoms with van der Waals surface area (Å²) in [6.45, 7) is 2.44. The molecule has 1 heterocycles. The summed E-state index contributed by atoms with van der Waals surface area (Å²) in [4.78, 5) is 12.0. The van der Waals surface area contributed by atoms with E-state index in [4.69, 9.17) is 5.11 Å². The van der Waals surface area contributed by atoms with Crippen LogP contribution in [0.25, 0.3) is 0 Å². The van der Waals surface area contributed by atoms with Crippen LogP contribution in [0.1, 0.15) is 42.6 Å². The fraction of sp³-hybridized carbons (Fsp3) is 0.444. The number of nitrogens with zero attached hydrogens (tertiary/aromatic N) is 2. The first kappa shape index (κ1) is 16.5. The Kier molecular flexibility index (Phi) is 5.15. The monoisotopic (exact) mass is 328 g/mol. The van der Waals surface area contributed by atoms with Gasteiger partial charge < -0.3 is 15.7 Å². The van der Waals surface area contributed by atoms with Gasteiger partial charge in [0.1, 0.15) is 0 Å². The molecular weight excluding hydrogens is 304 g/mol. The first-order chi connectivity index (χ1) is 11.7. The second-order valence-electron chi connectivity index (χ2n) is 6.34. The van der Waals surface area contributed by atoms with Gasteiger partial charge in [0.15, 0.2) is 0 Å². The van der Waals surface area contributed by atoms with Gasteiger partial charge in [-0.1, -0.05) is 30.3 Å². The number of nitrogens with one attached hydrogen (secondary N) is 2. The summed E-state index contributed by atoms with van der Waals surface area (Å²) in [5.41, 5.74) is 3.52. The van der Waals surface area contributed by atoms with E-state index in [1.54, 1.807) is 6.92 Å². The Hall–Kier alpha value is -2.34. The normalized spacial score (nSPS) is 17.8. The van der Waals surface area contributed by atoms with Crippen LogP contribution in [-0.2, 0) is 13.0 Å². The number of aromatic nitrogens is 2. The summed E-state index contributed by atoms with van der Waals surface area (Å²) < 4.78 is 2.03. The Balaban J connectivity index is 1.71. The summed E-state index contributed by atoms with van der Waals surface area (Å²) in [7, 11) is 0. The summed E-state index contributed by atoms with van der Waals surface area (Å²) in [5, 5.41) is 19.3. The SMILES string of the molecule is CC(CO)NC(=O)NC1CCCc2c1cnn2Cc1ccccc1. The van der Waals surface area contributed by atoms with Crippen LogP contribution in [0.3, 0.4) is 0 Å². The molecule has 0 fully saturated rings. The third-order valence-electron chi connectivity index (χ3n) is 4.39. The first-order valence-electron chi connectivity index (χ1n) is 8.43. The van der Waals surface area contributed by atoms with Crippen molar-refractivity contribution in [2.75, 3.05) is 6.61 Å². The van der Waals surface area contributed by atoms with E-state index in [2.05, 4.69) is 27.9 Å². The Morgan fingerprint density at radius 1 is 1.42 bits per heavy atom. The molecule has 2 unspecified atom stereocenters. The van der Waals surface area contributed by atoms with E-state index in [9.17, 15) is 4.79 Å². The predicted molar refractivity (Wildman–Crippen MR) is 91.7 cm³/mol. The van der Waals surface area contributed by atoms with Crippen molar-refractivity contribution in [3.05, 3.63) is 53.3 Å². The molecule has 3 rings (SSSR count). The zero-order valence-corrected chi connectivity index (χ0v) is 13.9. The van der Waals surface area contributed by atoms with Gasteiger partial charge >= 0.3 is 6.03 Å². The third kappa shape index (κ3) is 3.76. The highest BCUT2D eigenvalue weighted by molar-refractivity contribution is 5.74. The molecule has 1 aliphatic carbocycles. The molecule has 1 aliphatic rings. The van der Waals surface area contributed by atoms with Crippen LogP contribution in [0, 0.1) is 0 Å². The number of aliphatic hydroxyl groups excluding tert-OH is 1. The Morgan fingerprint density at radius 3 is 2.96 bits per heavy atom. The van der Waals surface area contributed by atoms with E-state index < -0.39 is 0 Å². The molecule has 1 aromatic carbocycles. The maximum absolute atomic E-state index is 12.0. The lowest BCUT2D eigenvalue weighted by Crippen LogP contribution is -2.44. The number of urea groups is 1. The number of carbonyl (C=O) groups is 1. The number of fused-ring (bicyclic) bond motifs is 1. The molecule has 0 saturated carbocycles. The van der Waals surface area contributed by atoms with Crippen molar-refractivity contribution in [3.63, 3.8) is 0 Å². The van der Waals surface area contributed by atoms with Gasteiger partial charge in [0.25, 0.3) is 0 Å². The molecule has 2 amide bonds. The van der Waals surface area contributed by atoms with Gasteiger partial charge in [-0.15, -0.1) is 0 Å². The van der Waals surface area contributed by atoms with Gasteiger partial charge in [-0.3, -0.25) is 4.68 Å². The van der Waals surface area contributed by atoms with Crippen molar-refractivity contribution in [1.82, 2.24) is 20.4 Å². The van der Waals surface area contributed by atoms with Crippen LogP contribution in [-0.4, -0.2) is 33.6 Å². The quantitative estimate of drug-likeness (QED) is 0.785. The highest BCUT2D eigenvalue weighted by Crippen LogP contribution is 2.29. The minimum atomic E-state index is -0.256. The molecule has 0 spiro atoms. The maximum Gasteiger partial charge on any atom is 0.315 e. The van der Waals surface area contributed by atoms with E-state index >= 15 is 0 Å². The molecular formula is C18H24N4O2. The first-order valence-corrected chi connectivity index (χ1v) is 8.43. The number of aliphatic hydroxyl groups is 1. The van der Waals surface area contributed by atoms with Crippen LogP contribution in [0.5, 0.6) is 0 Å².